The first kappa shape index (κ1) is 53.3. The van der Waals surface area contributed by atoms with Crippen LogP contribution < -0.4 is 32.3 Å². The Hall–Kier alpha value is -8.95. The molecule has 0 spiro atoms. The van der Waals surface area contributed by atoms with Gasteiger partial charge in [-0.25, -0.2) is 24.1 Å². The van der Waals surface area contributed by atoms with Crippen LogP contribution in [0.4, 0.5) is 21.0 Å². The monoisotopic (exact) mass is 1030 g/mol. The lowest BCUT2D eigenvalue weighted by molar-refractivity contribution is -0.137. The maximum Gasteiger partial charge on any atom is 0.410 e. The van der Waals surface area contributed by atoms with Crippen molar-refractivity contribution in [1.82, 2.24) is 55.3 Å². The molecule has 2 aliphatic heterocycles. The second-order valence-corrected chi connectivity index (χ2v) is 19.1. The molecule has 2 aromatic carbocycles. The quantitative estimate of drug-likeness (QED) is 0.0317. The van der Waals surface area contributed by atoms with E-state index in [0.717, 1.165) is 61.5 Å². The molecular weight excluding hydrogens is 973 g/mol. The van der Waals surface area contributed by atoms with Crippen molar-refractivity contribution in [3.8, 4) is 22.6 Å². The van der Waals surface area contributed by atoms with E-state index in [-0.39, 0.29) is 56.2 Å². The van der Waals surface area contributed by atoms with E-state index in [4.69, 9.17) is 20.4 Å². The van der Waals surface area contributed by atoms with E-state index in [2.05, 4.69) is 47.7 Å². The van der Waals surface area contributed by atoms with Gasteiger partial charge in [0, 0.05) is 73.6 Å². The Bertz CT molecular complexity index is 3110. The Labute approximate surface area is 438 Å². The minimum Gasteiger partial charge on any atom is -0.445 e. The summed E-state index contributed by atoms with van der Waals surface area (Å²) < 4.78 is 7.43. The number of benzene rings is 2. The number of amides is 8. The van der Waals surface area contributed by atoms with Crippen molar-refractivity contribution in [1.29, 1.82) is 0 Å². The van der Waals surface area contributed by atoms with Gasteiger partial charge in [-0.05, 0) is 110 Å². The zero-order chi connectivity index (χ0) is 53.7. The molecule has 2 aliphatic rings. The topological polar surface area (TPSA) is 293 Å². The Morgan fingerprint density at radius 2 is 1.64 bits per heavy atom. The molecule has 22 nitrogen and oxygen atoms in total. The highest BCUT2D eigenvalue weighted by Gasteiger charge is 2.30. The van der Waals surface area contributed by atoms with Crippen molar-refractivity contribution in [2.45, 2.75) is 97.5 Å². The molecule has 0 aliphatic carbocycles. The number of nitrogens with two attached hydrogens (primary N) is 1. The fourth-order valence-electron chi connectivity index (χ4n) is 8.91. The number of anilines is 2. The number of rotatable bonds is 23. The van der Waals surface area contributed by atoms with E-state index in [9.17, 15) is 33.6 Å². The number of primary amides is 1. The van der Waals surface area contributed by atoms with Crippen molar-refractivity contribution in [2.24, 2.45) is 11.7 Å². The van der Waals surface area contributed by atoms with Gasteiger partial charge in [0.1, 0.15) is 30.8 Å². The number of nitrogens with zero attached hydrogens (tertiary/aromatic N) is 7. The lowest BCUT2D eigenvalue weighted by Gasteiger charge is -2.28. The fourth-order valence-corrected chi connectivity index (χ4v) is 8.91. The summed E-state index contributed by atoms with van der Waals surface area (Å²) in [6.07, 6.45) is 8.23. The molecule has 6 aromatic rings. The largest absolute Gasteiger partial charge is 0.445 e. The summed E-state index contributed by atoms with van der Waals surface area (Å²) in [6.45, 7) is 7.21. The normalized spacial score (nSPS) is 13.8. The Morgan fingerprint density at radius 1 is 0.855 bits per heavy atom. The molecule has 76 heavy (non-hydrogen) atoms. The molecule has 0 fully saturated rings. The first-order valence-corrected chi connectivity index (χ1v) is 25.3. The SMILES string of the molecule is Cc1cccc(-c2[nH]c(CNc3ccc4c(c3)CCN(C(=O)OCc3ccc(NC(=O)C(CCCNC(N)=O)NC(=O)[C@@H](NC(=O)CCCCCN5C(=O)C=CC5=O)C(C)C)cc3)C4)nc2-c2ccc3ncnn3c2)n1. The van der Waals surface area contributed by atoms with E-state index in [1.54, 1.807) is 47.5 Å². The lowest BCUT2D eigenvalue weighted by Crippen LogP contribution is -2.54. The van der Waals surface area contributed by atoms with Gasteiger partial charge in [0.2, 0.25) is 17.7 Å². The molecule has 2 atom stereocenters. The maximum atomic E-state index is 13.7. The van der Waals surface area contributed by atoms with Gasteiger partial charge in [0.05, 0.1) is 23.6 Å². The van der Waals surface area contributed by atoms with E-state index < -0.39 is 36.0 Å². The van der Waals surface area contributed by atoms with Crippen LogP contribution in [0.25, 0.3) is 28.3 Å². The number of imide groups is 1. The summed E-state index contributed by atoms with van der Waals surface area (Å²) in [5.74, 6) is -1.73. The molecule has 0 radical (unpaired) electrons. The average Bonchev–Trinajstić information content (AvgIpc) is 4.15. The second-order valence-electron chi connectivity index (χ2n) is 19.1. The van der Waals surface area contributed by atoms with Crippen LogP contribution in [0.1, 0.15) is 80.6 Å². The van der Waals surface area contributed by atoms with Crippen molar-refractivity contribution >= 4 is 58.7 Å². The number of fused-ring (bicyclic) bond motifs is 2. The molecule has 1 unspecified atom stereocenters. The standard InChI is InChI=1S/C54H62N14O8/c1-33(2)48(65-45(69)12-5-4-6-25-67-46(70)21-22-47(67)71)52(73)62-42(11-8-24-56-53(55)74)51(72)61-39-17-13-35(14-18-39)31-76-54(75)66-26-23-36-27-40(19-15-37(36)29-66)57-28-43-63-49(38-16-20-44-58-32-59-68(44)30-38)50(64-43)41-10-7-9-34(3)60-41/h7,9-10,13-22,27,30,32-33,42,48,57H,4-6,8,11-12,23-26,28-29,31H2,1-3H3,(H,61,72)(H,62,73)(H,63,64)(H,65,69)(H3,55,56,74)/t42?,48-/m0/s1. The van der Waals surface area contributed by atoms with Crippen LogP contribution in [0.5, 0.6) is 0 Å². The van der Waals surface area contributed by atoms with Gasteiger partial charge in [-0.2, -0.15) is 5.10 Å². The number of urea groups is 1. The number of ether oxygens (including phenoxy) is 1. The van der Waals surface area contributed by atoms with Crippen LogP contribution in [0.3, 0.4) is 0 Å². The first-order valence-electron chi connectivity index (χ1n) is 25.3. The third kappa shape index (κ3) is 14.0. The highest BCUT2D eigenvalue weighted by molar-refractivity contribution is 6.12. The number of H-pyrrole nitrogens is 1. The van der Waals surface area contributed by atoms with E-state index in [1.165, 1.54) is 18.5 Å². The summed E-state index contributed by atoms with van der Waals surface area (Å²) >= 11 is 0. The van der Waals surface area contributed by atoms with Crippen LogP contribution in [-0.2, 0) is 54.8 Å². The van der Waals surface area contributed by atoms with Crippen molar-refractivity contribution in [3.05, 3.63) is 126 Å². The van der Waals surface area contributed by atoms with Gasteiger partial charge < -0.3 is 46.9 Å². The molecule has 8 N–H and O–H groups in total. The summed E-state index contributed by atoms with van der Waals surface area (Å²) in [7, 11) is 0. The van der Waals surface area contributed by atoms with Gasteiger partial charge >= 0.3 is 12.1 Å². The number of pyridine rings is 2. The molecule has 0 bridgehead atoms. The van der Waals surface area contributed by atoms with Gasteiger partial charge in [-0.1, -0.05) is 44.5 Å². The number of unbranched alkanes of at least 4 members (excludes halogenated alkanes) is 2. The van der Waals surface area contributed by atoms with Crippen molar-refractivity contribution in [2.75, 3.05) is 30.3 Å². The van der Waals surface area contributed by atoms with Gasteiger partial charge in [0.15, 0.2) is 5.65 Å². The third-order valence-corrected chi connectivity index (χ3v) is 13.0. The molecule has 22 heteroatoms. The minimum atomic E-state index is -1.04. The molecule has 0 saturated heterocycles. The smallest absolute Gasteiger partial charge is 0.410 e. The van der Waals surface area contributed by atoms with Crippen LogP contribution in [0.15, 0.2) is 97.5 Å². The summed E-state index contributed by atoms with van der Waals surface area (Å²) in [5.41, 5.74) is 14.2. The number of imidazole rings is 1. The number of carbonyl (C=O) groups is 7. The van der Waals surface area contributed by atoms with Crippen LogP contribution in [0.2, 0.25) is 0 Å². The fraction of sp³-hybridized carbons (Fsp3) is 0.352. The number of hydrogen-bond acceptors (Lipinski definition) is 13. The second kappa shape index (κ2) is 24.9. The predicted octanol–water partition coefficient (Wildman–Crippen LogP) is 5.29. The predicted molar refractivity (Wildman–Crippen MR) is 282 cm³/mol. The Kier molecular flexibility index (Phi) is 17.4. The highest BCUT2D eigenvalue weighted by Crippen LogP contribution is 2.30. The molecule has 0 saturated carbocycles. The Balaban J connectivity index is 0.804. The zero-order valence-corrected chi connectivity index (χ0v) is 42.6. The summed E-state index contributed by atoms with van der Waals surface area (Å²) in [5, 5.41) is 18.7. The molecule has 8 rings (SSSR count). The summed E-state index contributed by atoms with van der Waals surface area (Å²) in [4.78, 5) is 109. The van der Waals surface area contributed by atoms with E-state index in [0.29, 0.717) is 63.0 Å². The van der Waals surface area contributed by atoms with Gasteiger partial charge in [0.25, 0.3) is 11.8 Å². The van der Waals surface area contributed by atoms with Crippen molar-refractivity contribution in [3.63, 3.8) is 0 Å². The van der Waals surface area contributed by atoms with Crippen LogP contribution in [-0.4, -0.2) is 113 Å². The number of aryl methyl sites for hydroxylation is 1. The number of hydrogen-bond donors (Lipinski definition) is 7. The lowest BCUT2D eigenvalue weighted by atomic mass is 9.99. The maximum absolute atomic E-state index is 13.7. The number of aromatic nitrogens is 6. The molecule has 6 heterocycles. The van der Waals surface area contributed by atoms with E-state index in [1.807, 2.05) is 55.6 Å². The number of nitrogens with one attached hydrogen (secondary N) is 6. The Morgan fingerprint density at radius 3 is 2.41 bits per heavy atom. The summed E-state index contributed by atoms with van der Waals surface area (Å²) in [6, 6.07) is 19.9. The first-order chi connectivity index (χ1) is 36.7. The molecular formula is C54H62N14O8. The third-order valence-electron chi connectivity index (χ3n) is 13.0. The number of carbonyl (C=O) groups excluding carboxylic acids is 7. The number of aromatic amines is 1. The van der Waals surface area contributed by atoms with Crippen LogP contribution >= 0.6 is 0 Å². The van der Waals surface area contributed by atoms with E-state index >= 15 is 0 Å². The van der Waals surface area contributed by atoms with Crippen molar-refractivity contribution < 1.29 is 38.3 Å². The minimum absolute atomic E-state index is 0.00330. The highest BCUT2D eigenvalue weighted by atomic mass is 16.6. The van der Waals surface area contributed by atoms with Gasteiger partial charge in [-0.15, -0.1) is 0 Å². The van der Waals surface area contributed by atoms with Crippen LogP contribution in [0, 0.1) is 12.8 Å². The molecule has 8 amide bonds. The molecule has 396 valence electrons. The zero-order valence-electron chi connectivity index (χ0n) is 42.6. The van der Waals surface area contributed by atoms with Gasteiger partial charge in [-0.3, -0.25) is 33.9 Å². The average molecular weight is 1040 g/mol. The molecule has 4 aromatic heterocycles.